The summed E-state index contributed by atoms with van der Waals surface area (Å²) >= 11 is 0. The van der Waals surface area contributed by atoms with E-state index in [0.717, 1.165) is 10.4 Å². The summed E-state index contributed by atoms with van der Waals surface area (Å²) in [5.74, 6) is -0.792. The quantitative estimate of drug-likeness (QED) is 0.933. The van der Waals surface area contributed by atoms with E-state index in [9.17, 15) is 17.9 Å². The lowest BCUT2D eigenvalue weighted by molar-refractivity contribution is 0.453. The third-order valence-electron chi connectivity index (χ3n) is 2.72. The maximum atomic E-state index is 13.5. The Balaban J connectivity index is 2.26. The molecule has 0 aliphatic carbocycles. The minimum atomic E-state index is -3.99. The van der Waals surface area contributed by atoms with Crippen LogP contribution in [0.3, 0.4) is 0 Å². The largest absolute Gasteiger partial charge is 0.508 e. The van der Waals surface area contributed by atoms with Gasteiger partial charge in [0.15, 0.2) is 5.82 Å². The number of hydrogen-bond acceptors (Lipinski definition) is 4. The van der Waals surface area contributed by atoms with E-state index in [2.05, 4.69) is 4.98 Å². The molecule has 0 aliphatic heterocycles. The van der Waals surface area contributed by atoms with Gasteiger partial charge >= 0.3 is 0 Å². The summed E-state index contributed by atoms with van der Waals surface area (Å²) in [4.78, 5) is 3.58. The van der Waals surface area contributed by atoms with Crippen molar-refractivity contribution in [3.05, 3.63) is 54.0 Å². The van der Waals surface area contributed by atoms with Gasteiger partial charge in [-0.25, -0.2) is 17.8 Å². The Bertz CT molecular complexity index is 702. The number of phenols is 1. The van der Waals surface area contributed by atoms with Crippen molar-refractivity contribution in [2.24, 2.45) is 0 Å². The first-order valence-corrected chi connectivity index (χ1v) is 7.20. The first-order valence-electron chi connectivity index (χ1n) is 5.76. The number of phenolic OH excluding ortho intramolecular Hbond substituents is 1. The van der Waals surface area contributed by atoms with Crippen molar-refractivity contribution in [2.45, 2.75) is 11.6 Å². The number of sulfonamides is 1. The Labute approximate surface area is 116 Å². The fourth-order valence-electron chi connectivity index (χ4n) is 1.65. The molecule has 5 nitrogen and oxygen atoms in total. The van der Waals surface area contributed by atoms with Crippen molar-refractivity contribution in [2.75, 3.05) is 7.05 Å². The van der Waals surface area contributed by atoms with Crippen molar-refractivity contribution in [3.8, 4) is 5.75 Å². The zero-order chi connectivity index (χ0) is 14.8. The Morgan fingerprint density at radius 1 is 1.25 bits per heavy atom. The fraction of sp³-hybridized carbons (Fsp3) is 0.154. The molecule has 20 heavy (non-hydrogen) atoms. The van der Waals surface area contributed by atoms with E-state index in [1.165, 1.54) is 31.4 Å². The van der Waals surface area contributed by atoms with Crippen LogP contribution >= 0.6 is 0 Å². The van der Waals surface area contributed by atoms with E-state index in [1.807, 2.05) is 0 Å². The molecule has 7 heteroatoms. The van der Waals surface area contributed by atoms with E-state index in [-0.39, 0.29) is 12.3 Å². The van der Waals surface area contributed by atoms with Gasteiger partial charge in [-0.15, -0.1) is 0 Å². The smallest absolute Gasteiger partial charge is 0.263 e. The Hall–Kier alpha value is -1.99. The monoisotopic (exact) mass is 296 g/mol. The predicted molar refractivity (Wildman–Crippen MR) is 71.0 cm³/mol. The van der Waals surface area contributed by atoms with Crippen LogP contribution < -0.4 is 0 Å². The Kier molecular flexibility index (Phi) is 4.01. The summed E-state index contributed by atoms with van der Waals surface area (Å²) in [5.41, 5.74) is 0.671. The number of aromatic hydroxyl groups is 1. The van der Waals surface area contributed by atoms with Gasteiger partial charge in [-0.2, -0.15) is 4.31 Å². The molecule has 0 atom stereocenters. The summed E-state index contributed by atoms with van der Waals surface area (Å²) < 4.78 is 38.9. The van der Waals surface area contributed by atoms with E-state index >= 15 is 0 Å². The average Bonchev–Trinajstić information content (AvgIpc) is 2.41. The molecule has 0 bridgehead atoms. The molecule has 0 radical (unpaired) electrons. The van der Waals surface area contributed by atoms with Crippen molar-refractivity contribution >= 4 is 10.0 Å². The number of nitrogens with zero attached hydrogens (tertiary/aromatic N) is 2. The standard InChI is InChI=1S/C13H13FN2O3S/c1-16(9-10-4-6-11(17)7-5-10)20(18,19)13-12(14)3-2-8-15-13/h2-8,17H,9H2,1H3. The summed E-state index contributed by atoms with van der Waals surface area (Å²) in [6.07, 6.45) is 1.23. The van der Waals surface area contributed by atoms with Crippen LogP contribution in [0, 0.1) is 5.82 Å². The third-order valence-corrected chi connectivity index (χ3v) is 4.46. The molecule has 0 fully saturated rings. The molecule has 1 heterocycles. The zero-order valence-electron chi connectivity index (χ0n) is 10.7. The molecule has 0 unspecified atom stereocenters. The van der Waals surface area contributed by atoms with E-state index in [1.54, 1.807) is 12.1 Å². The van der Waals surface area contributed by atoms with Gasteiger partial charge in [-0.05, 0) is 29.8 Å². The average molecular weight is 296 g/mol. The minimum absolute atomic E-state index is 0.0542. The van der Waals surface area contributed by atoms with E-state index < -0.39 is 20.9 Å². The second kappa shape index (κ2) is 5.56. The van der Waals surface area contributed by atoms with Crippen LogP contribution in [0.5, 0.6) is 5.75 Å². The molecule has 0 spiro atoms. The van der Waals surface area contributed by atoms with Crippen LogP contribution in [0.15, 0.2) is 47.6 Å². The van der Waals surface area contributed by atoms with Crippen LogP contribution in [0.2, 0.25) is 0 Å². The van der Waals surface area contributed by atoms with Gasteiger partial charge in [0.25, 0.3) is 10.0 Å². The highest BCUT2D eigenvalue weighted by Gasteiger charge is 2.25. The van der Waals surface area contributed by atoms with Gasteiger partial charge in [0.2, 0.25) is 5.03 Å². The zero-order valence-corrected chi connectivity index (χ0v) is 11.5. The van der Waals surface area contributed by atoms with Crippen LogP contribution in [-0.2, 0) is 16.6 Å². The molecule has 1 aromatic carbocycles. The highest BCUT2D eigenvalue weighted by molar-refractivity contribution is 7.89. The highest BCUT2D eigenvalue weighted by atomic mass is 32.2. The minimum Gasteiger partial charge on any atom is -0.508 e. The lowest BCUT2D eigenvalue weighted by atomic mass is 10.2. The Morgan fingerprint density at radius 3 is 2.50 bits per heavy atom. The predicted octanol–water partition coefficient (Wildman–Crippen LogP) is 1.75. The second-order valence-electron chi connectivity index (χ2n) is 4.22. The van der Waals surface area contributed by atoms with Gasteiger partial charge in [0.1, 0.15) is 5.75 Å². The highest BCUT2D eigenvalue weighted by Crippen LogP contribution is 2.18. The molecule has 1 aromatic heterocycles. The van der Waals surface area contributed by atoms with E-state index in [4.69, 9.17) is 0 Å². The van der Waals surface area contributed by atoms with Crippen LogP contribution in [0.4, 0.5) is 4.39 Å². The number of halogens is 1. The molecular weight excluding hydrogens is 283 g/mol. The summed E-state index contributed by atoms with van der Waals surface area (Å²) in [7, 11) is -2.65. The molecule has 2 aromatic rings. The molecule has 2 rings (SSSR count). The van der Waals surface area contributed by atoms with Crippen molar-refractivity contribution in [1.29, 1.82) is 0 Å². The molecule has 0 aliphatic rings. The fourth-order valence-corrected chi connectivity index (χ4v) is 2.77. The number of aromatic nitrogens is 1. The Morgan fingerprint density at radius 2 is 1.90 bits per heavy atom. The molecular formula is C13H13FN2O3S. The molecule has 1 N–H and O–H groups in total. The number of hydrogen-bond donors (Lipinski definition) is 1. The molecule has 0 saturated heterocycles. The van der Waals surface area contributed by atoms with Gasteiger partial charge < -0.3 is 5.11 Å². The van der Waals surface area contributed by atoms with Gasteiger partial charge in [0.05, 0.1) is 0 Å². The SMILES string of the molecule is CN(Cc1ccc(O)cc1)S(=O)(=O)c1ncccc1F. The maximum absolute atomic E-state index is 13.5. The summed E-state index contributed by atoms with van der Waals surface area (Å²) in [6, 6.07) is 8.48. The van der Waals surface area contributed by atoms with Crippen LogP contribution in [-0.4, -0.2) is 29.9 Å². The van der Waals surface area contributed by atoms with Crippen LogP contribution in [0.25, 0.3) is 0 Å². The van der Waals surface area contributed by atoms with Crippen molar-refractivity contribution in [1.82, 2.24) is 9.29 Å². The maximum Gasteiger partial charge on any atom is 0.263 e. The molecule has 0 saturated carbocycles. The van der Waals surface area contributed by atoms with Gasteiger partial charge in [-0.1, -0.05) is 12.1 Å². The normalized spacial score (nSPS) is 11.8. The second-order valence-corrected chi connectivity index (χ2v) is 6.18. The first-order chi connectivity index (χ1) is 9.41. The lowest BCUT2D eigenvalue weighted by Crippen LogP contribution is -2.28. The lowest BCUT2D eigenvalue weighted by Gasteiger charge is -2.16. The van der Waals surface area contributed by atoms with Crippen LogP contribution in [0.1, 0.15) is 5.56 Å². The summed E-state index contributed by atoms with van der Waals surface area (Å²) in [6.45, 7) is 0.0542. The number of pyridine rings is 1. The number of rotatable bonds is 4. The first kappa shape index (κ1) is 14.4. The molecule has 106 valence electrons. The topological polar surface area (TPSA) is 70.5 Å². The molecule has 0 amide bonds. The summed E-state index contributed by atoms with van der Waals surface area (Å²) in [5, 5.41) is 8.58. The van der Waals surface area contributed by atoms with Crippen molar-refractivity contribution in [3.63, 3.8) is 0 Å². The van der Waals surface area contributed by atoms with Gasteiger partial charge in [-0.3, -0.25) is 0 Å². The number of benzene rings is 1. The van der Waals surface area contributed by atoms with Gasteiger partial charge in [0, 0.05) is 19.8 Å². The third kappa shape index (κ3) is 2.94. The van der Waals surface area contributed by atoms with Crippen molar-refractivity contribution < 1.29 is 17.9 Å². The van der Waals surface area contributed by atoms with E-state index in [0.29, 0.717) is 5.56 Å².